The van der Waals surface area contributed by atoms with Crippen LogP contribution in [0.2, 0.25) is 9.36 Å². The summed E-state index contributed by atoms with van der Waals surface area (Å²) in [6.07, 6.45) is 0. The molecule has 0 fully saturated rings. The fourth-order valence-electron chi connectivity index (χ4n) is 1.51. The Morgan fingerprint density at radius 1 is 1.30 bits per heavy atom. The molecule has 1 aromatic heterocycles. The van der Waals surface area contributed by atoms with Gasteiger partial charge in [0.1, 0.15) is 0 Å². The number of halogens is 2. The predicted octanol–water partition coefficient (Wildman–Crippen LogP) is 5.32. The first-order valence-corrected chi connectivity index (χ1v) is 8.59. The molecule has 6 heteroatoms. The van der Waals surface area contributed by atoms with Crippen LogP contribution >= 0.6 is 46.3 Å². The zero-order valence-corrected chi connectivity index (χ0v) is 13.9. The first-order chi connectivity index (χ1) is 9.56. The van der Waals surface area contributed by atoms with Gasteiger partial charge in [-0.1, -0.05) is 35.3 Å². The number of carbonyl (C=O) groups is 1. The summed E-state index contributed by atoms with van der Waals surface area (Å²) < 4.78 is 0.772. The molecule has 0 saturated carbocycles. The van der Waals surface area contributed by atoms with Gasteiger partial charge in [0.25, 0.3) is 0 Å². The Labute approximate surface area is 136 Å². The lowest BCUT2D eigenvalue weighted by Gasteiger charge is -2.12. The first kappa shape index (κ1) is 15.7. The number of rotatable bonds is 5. The number of anilines is 1. The van der Waals surface area contributed by atoms with Crippen molar-refractivity contribution in [1.29, 1.82) is 0 Å². The molecule has 0 aliphatic heterocycles. The van der Waals surface area contributed by atoms with Gasteiger partial charge in [-0.15, -0.1) is 23.1 Å². The molecule has 0 aliphatic rings. The minimum atomic E-state index is -0.160. The van der Waals surface area contributed by atoms with Crippen LogP contribution in [0.15, 0.2) is 36.4 Å². The lowest BCUT2D eigenvalue weighted by molar-refractivity contribution is -0.115. The Bertz CT molecular complexity index is 600. The molecule has 0 radical (unpaired) electrons. The molecule has 0 aliphatic carbocycles. The molecule has 2 nitrogen and oxygen atoms in total. The maximum atomic E-state index is 12.1. The third-order valence-corrected chi connectivity index (χ3v) is 5.54. The fourth-order valence-corrected chi connectivity index (χ4v) is 3.74. The molecule has 2 aromatic rings. The fraction of sp³-hybridized carbons (Fsp3) is 0.214. The summed E-state index contributed by atoms with van der Waals surface area (Å²) in [5.74, 6) is 0.722. The van der Waals surface area contributed by atoms with E-state index < -0.39 is 0 Å². The average Bonchev–Trinajstić information content (AvgIpc) is 2.84. The van der Waals surface area contributed by atoms with Gasteiger partial charge in [-0.3, -0.25) is 4.79 Å². The standard InChI is InChI=1S/C14H13Cl2NOS2/c1-9(19-8-10-6-7-13(16)20-10)14(18)17-12-5-3-2-4-11(12)15/h2-7,9H,8H2,1H3,(H,17,18). The highest BCUT2D eigenvalue weighted by Crippen LogP contribution is 2.28. The average molecular weight is 346 g/mol. The SMILES string of the molecule is CC(SCc1ccc(Cl)s1)C(=O)Nc1ccccc1Cl. The van der Waals surface area contributed by atoms with Crippen molar-refractivity contribution in [2.24, 2.45) is 0 Å². The summed E-state index contributed by atoms with van der Waals surface area (Å²) >= 11 is 15.0. The topological polar surface area (TPSA) is 29.1 Å². The number of nitrogens with one attached hydrogen (secondary N) is 1. The Kier molecular flexibility index (Phi) is 5.78. The minimum absolute atomic E-state index is 0.0502. The zero-order valence-electron chi connectivity index (χ0n) is 10.7. The van der Waals surface area contributed by atoms with Crippen LogP contribution in [0.25, 0.3) is 0 Å². The lowest BCUT2D eigenvalue weighted by Crippen LogP contribution is -2.22. The van der Waals surface area contributed by atoms with E-state index in [1.165, 1.54) is 11.3 Å². The second kappa shape index (κ2) is 7.36. The molecule has 1 amide bonds. The van der Waals surface area contributed by atoms with Crippen LogP contribution in [0.4, 0.5) is 5.69 Å². The number of hydrogen-bond donors (Lipinski definition) is 1. The van der Waals surface area contributed by atoms with E-state index in [1.54, 1.807) is 23.9 Å². The normalized spacial score (nSPS) is 12.2. The van der Waals surface area contributed by atoms with Crippen LogP contribution in [0.1, 0.15) is 11.8 Å². The minimum Gasteiger partial charge on any atom is -0.324 e. The van der Waals surface area contributed by atoms with E-state index in [0.29, 0.717) is 10.7 Å². The van der Waals surface area contributed by atoms with E-state index in [-0.39, 0.29) is 11.2 Å². The Balaban J connectivity index is 1.87. The quantitative estimate of drug-likeness (QED) is 0.794. The molecular formula is C14H13Cl2NOS2. The van der Waals surface area contributed by atoms with Crippen molar-refractivity contribution in [1.82, 2.24) is 0 Å². The molecule has 0 bridgehead atoms. The van der Waals surface area contributed by atoms with Gasteiger partial charge in [-0.2, -0.15) is 0 Å². The zero-order chi connectivity index (χ0) is 14.5. The number of carbonyl (C=O) groups excluding carboxylic acids is 1. The lowest BCUT2D eigenvalue weighted by atomic mass is 10.3. The van der Waals surface area contributed by atoms with E-state index in [2.05, 4.69) is 5.32 Å². The molecule has 1 N–H and O–H groups in total. The maximum Gasteiger partial charge on any atom is 0.237 e. The van der Waals surface area contributed by atoms with E-state index in [4.69, 9.17) is 23.2 Å². The van der Waals surface area contributed by atoms with Crippen LogP contribution in [-0.2, 0) is 10.5 Å². The van der Waals surface area contributed by atoms with Crippen LogP contribution in [0.5, 0.6) is 0 Å². The number of para-hydroxylation sites is 1. The van der Waals surface area contributed by atoms with Gasteiger partial charge in [-0.25, -0.2) is 0 Å². The van der Waals surface area contributed by atoms with Crippen molar-refractivity contribution < 1.29 is 4.79 Å². The summed E-state index contributed by atoms with van der Waals surface area (Å²) in [4.78, 5) is 13.2. The molecule has 106 valence electrons. The van der Waals surface area contributed by atoms with Gasteiger partial charge in [0.15, 0.2) is 0 Å². The Morgan fingerprint density at radius 3 is 2.70 bits per heavy atom. The molecule has 1 aromatic carbocycles. The van der Waals surface area contributed by atoms with Gasteiger partial charge in [-0.05, 0) is 31.2 Å². The smallest absolute Gasteiger partial charge is 0.237 e. The van der Waals surface area contributed by atoms with E-state index in [1.807, 2.05) is 31.2 Å². The highest BCUT2D eigenvalue weighted by Gasteiger charge is 2.15. The van der Waals surface area contributed by atoms with Crippen LogP contribution in [-0.4, -0.2) is 11.2 Å². The second-order valence-corrected chi connectivity index (χ2v) is 7.66. The predicted molar refractivity (Wildman–Crippen MR) is 90.2 cm³/mol. The molecule has 0 saturated heterocycles. The van der Waals surface area contributed by atoms with Crippen LogP contribution < -0.4 is 5.32 Å². The van der Waals surface area contributed by atoms with Crippen molar-refractivity contribution in [3.63, 3.8) is 0 Å². The summed E-state index contributed by atoms with van der Waals surface area (Å²) in [7, 11) is 0. The maximum absolute atomic E-state index is 12.1. The monoisotopic (exact) mass is 345 g/mol. The van der Waals surface area contributed by atoms with Crippen molar-refractivity contribution in [2.75, 3.05) is 5.32 Å². The van der Waals surface area contributed by atoms with Crippen molar-refractivity contribution in [2.45, 2.75) is 17.9 Å². The number of hydrogen-bond acceptors (Lipinski definition) is 3. The van der Waals surface area contributed by atoms with Crippen molar-refractivity contribution in [3.05, 3.63) is 50.6 Å². The molecule has 1 unspecified atom stereocenters. The summed E-state index contributed by atoms with van der Waals surface area (Å²) in [6, 6.07) is 11.1. The van der Waals surface area contributed by atoms with Crippen molar-refractivity contribution in [3.8, 4) is 0 Å². The number of thioether (sulfide) groups is 1. The first-order valence-electron chi connectivity index (χ1n) is 5.97. The molecular weight excluding hydrogens is 333 g/mol. The van der Waals surface area contributed by atoms with Crippen LogP contribution in [0, 0.1) is 0 Å². The molecule has 1 heterocycles. The van der Waals surface area contributed by atoms with E-state index in [0.717, 1.165) is 15.0 Å². The van der Waals surface area contributed by atoms with Gasteiger partial charge < -0.3 is 5.32 Å². The molecule has 1 atom stereocenters. The number of amides is 1. The van der Waals surface area contributed by atoms with Crippen LogP contribution in [0.3, 0.4) is 0 Å². The van der Waals surface area contributed by atoms with E-state index >= 15 is 0 Å². The molecule has 20 heavy (non-hydrogen) atoms. The third-order valence-electron chi connectivity index (χ3n) is 2.61. The molecule has 2 rings (SSSR count). The van der Waals surface area contributed by atoms with E-state index in [9.17, 15) is 4.79 Å². The van der Waals surface area contributed by atoms with Gasteiger partial charge in [0.2, 0.25) is 5.91 Å². The Morgan fingerprint density at radius 2 is 2.05 bits per heavy atom. The summed E-state index contributed by atoms with van der Waals surface area (Å²) in [5, 5.41) is 3.22. The molecule has 0 spiro atoms. The van der Waals surface area contributed by atoms with Gasteiger partial charge in [0.05, 0.1) is 20.3 Å². The highest BCUT2D eigenvalue weighted by molar-refractivity contribution is 7.99. The second-order valence-electron chi connectivity index (χ2n) is 4.13. The summed E-state index contributed by atoms with van der Waals surface area (Å²) in [6.45, 7) is 1.88. The Hall–Kier alpha value is -0.680. The van der Waals surface area contributed by atoms with Gasteiger partial charge >= 0.3 is 0 Å². The highest BCUT2D eigenvalue weighted by atomic mass is 35.5. The van der Waals surface area contributed by atoms with Gasteiger partial charge in [0, 0.05) is 10.6 Å². The van der Waals surface area contributed by atoms with Crippen molar-refractivity contribution >= 4 is 57.9 Å². The summed E-state index contributed by atoms with van der Waals surface area (Å²) in [5.41, 5.74) is 0.644. The number of benzene rings is 1. The number of thiophene rings is 1. The third kappa shape index (κ3) is 4.42. The largest absolute Gasteiger partial charge is 0.324 e.